The van der Waals surface area contributed by atoms with E-state index in [1.54, 1.807) is 0 Å². The summed E-state index contributed by atoms with van der Waals surface area (Å²) in [5, 5.41) is 6.31. The molecule has 1 heterocycles. The van der Waals surface area contributed by atoms with Gasteiger partial charge in [0.25, 0.3) is 0 Å². The molecule has 1 aliphatic heterocycles. The molecule has 1 aliphatic rings. The first-order chi connectivity index (χ1) is 11.8. The second kappa shape index (κ2) is 10.1. The third-order valence-electron chi connectivity index (χ3n) is 4.32. The Morgan fingerprint density at radius 1 is 1.12 bits per heavy atom. The maximum absolute atomic E-state index is 12.1. The van der Waals surface area contributed by atoms with Crippen molar-refractivity contribution in [2.75, 3.05) is 13.1 Å². The Kier molecular flexibility index (Phi) is 7.76. The topological polar surface area (TPSA) is 50.4 Å². The fourth-order valence-corrected chi connectivity index (χ4v) is 2.94. The van der Waals surface area contributed by atoms with Crippen LogP contribution in [-0.4, -0.2) is 19.0 Å². The van der Waals surface area contributed by atoms with E-state index in [0.29, 0.717) is 25.5 Å². The van der Waals surface area contributed by atoms with Crippen LogP contribution in [0.4, 0.5) is 0 Å². The number of hydrogen-bond donors (Lipinski definition) is 2. The number of carbonyl (C=O) groups is 1. The van der Waals surface area contributed by atoms with Crippen molar-refractivity contribution in [3.63, 3.8) is 0 Å². The summed E-state index contributed by atoms with van der Waals surface area (Å²) < 4.78 is 5.93. The second-order valence-corrected chi connectivity index (χ2v) is 6.22. The molecule has 2 aromatic rings. The summed E-state index contributed by atoms with van der Waals surface area (Å²) >= 11 is 0. The number of nitrogens with one attached hydrogen (secondary N) is 2. The molecule has 0 bridgehead atoms. The number of amides is 1. The van der Waals surface area contributed by atoms with Gasteiger partial charge in [0.15, 0.2) is 0 Å². The van der Waals surface area contributed by atoms with E-state index in [1.807, 2.05) is 54.6 Å². The van der Waals surface area contributed by atoms with Crippen molar-refractivity contribution in [2.24, 2.45) is 5.92 Å². The third-order valence-corrected chi connectivity index (χ3v) is 4.32. The van der Waals surface area contributed by atoms with Crippen LogP contribution >= 0.6 is 12.4 Å². The molecule has 0 aromatic heterocycles. The first kappa shape index (κ1) is 19.3. The van der Waals surface area contributed by atoms with Crippen molar-refractivity contribution in [2.45, 2.75) is 26.0 Å². The molecule has 2 aromatic carbocycles. The van der Waals surface area contributed by atoms with Gasteiger partial charge in [0.05, 0.1) is 0 Å². The van der Waals surface area contributed by atoms with E-state index in [1.165, 1.54) is 0 Å². The van der Waals surface area contributed by atoms with Crippen molar-refractivity contribution in [3.8, 4) is 5.75 Å². The minimum Gasteiger partial charge on any atom is -0.489 e. The third kappa shape index (κ3) is 6.07. The van der Waals surface area contributed by atoms with E-state index in [4.69, 9.17) is 4.74 Å². The Morgan fingerprint density at radius 3 is 2.64 bits per heavy atom. The maximum atomic E-state index is 12.1. The lowest BCUT2D eigenvalue weighted by molar-refractivity contribution is -0.122. The zero-order chi connectivity index (χ0) is 16.6. The van der Waals surface area contributed by atoms with Crippen LogP contribution in [0.5, 0.6) is 5.75 Å². The first-order valence-corrected chi connectivity index (χ1v) is 8.53. The number of para-hydroxylation sites is 1. The van der Waals surface area contributed by atoms with Gasteiger partial charge in [0.2, 0.25) is 5.91 Å². The van der Waals surface area contributed by atoms with Gasteiger partial charge in [0, 0.05) is 18.5 Å². The average Bonchev–Trinajstić information content (AvgIpc) is 3.13. The molecule has 1 saturated heterocycles. The van der Waals surface area contributed by atoms with Crippen LogP contribution < -0.4 is 15.4 Å². The van der Waals surface area contributed by atoms with Crippen LogP contribution in [0.1, 0.15) is 24.0 Å². The molecule has 134 valence electrons. The largest absolute Gasteiger partial charge is 0.489 e. The van der Waals surface area contributed by atoms with Crippen molar-refractivity contribution >= 4 is 18.3 Å². The summed E-state index contributed by atoms with van der Waals surface area (Å²) in [6.07, 6.45) is 1.68. The predicted octanol–water partition coefficient (Wildman–Crippen LogP) is 3.30. The number of hydrogen-bond acceptors (Lipinski definition) is 3. The molecule has 2 N–H and O–H groups in total. The maximum Gasteiger partial charge on any atom is 0.220 e. The number of ether oxygens (including phenoxy) is 1. The smallest absolute Gasteiger partial charge is 0.220 e. The zero-order valence-electron chi connectivity index (χ0n) is 14.2. The highest BCUT2D eigenvalue weighted by Crippen LogP contribution is 2.19. The summed E-state index contributed by atoms with van der Waals surface area (Å²) in [7, 11) is 0. The lowest BCUT2D eigenvalue weighted by Crippen LogP contribution is -2.26. The van der Waals surface area contributed by atoms with Gasteiger partial charge in [-0.25, -0.2) is 0 Å². The quantitative estimate of drug-likeness (QED) is 0.796. The number of carbonyl (C=O) groups excluding carboxylic acids is 1. The molecule has 0 saturated carbocycles. The van der Waals surface area contributed by atoms with Crippen LogP contribution in [-0.2, 0) is 17.9 Å². The van der Waals surface area contributed by atoms with Gasteiger partial charge in [-0.15, -0.1) is 12.4 Å². The minimum absolute atomic E-state index is 0. The summed E-state index contributed by atoms with van der Waals surface area (Å²) in [5.74, 6) is 1.40. The van der Waals surface area contributed by atoms with Crippen LogP contribution in [0.25, 0.3) is 0 Å². The molecule has 25 heavy (non-hydrogen) atoms. The lowest BCUT2D eigenvalue weighted by atomic mass is 10.0. The molecule has 3 rings (SSSR count). The molecule has 1 fully saturated rings. The van der Waals surface area contributed by atoms with Gasteiger partial charge in [-0.3, -0.25) is 4.79 Å². The van der Waals surface area contributed by atoms with Crippen molar-refractivity contribution in [1.29, 1.82) is 0 Å². The van der Waals surface area contributed by atoms with Gasteiger partial charge in [-0.1, -0.05) is 48.5 Å². The van der Waals surface area contributed by atoms with E-state index in [0.717, 1.165) is 36.4 Å². The fraction of sp³-hybridized carbons (Fsp3) is 0.350. The van der Waals surface area contributed by atoms with E-state index in [-0.39, 0.29) is 18.3 Å². The van der Waals surface area contributed by atoms with Crippen LogP contribution in [0, 0.1) is 5.92 Å². The summed E-state index contributed by atoms with van der Waals surface area (Å²) in [6.45, 7) is 3.00. The molecule has 0 spiro atoms. The molecule has 1 atom stereocenters. The van der Waals surface area contributed by atoms with Gasteiger partial charge in [0.1, 0.15) is 12.4 Å². The summed E-state index contributed by atoms with van der Waals surface area (Å²) in [5.41, 5.74) is 2.14. The Labute approximate surface area is 155 Å². The summed E-state index contributed by atoms with van der Waals surface area (Å²) in [4.78, 5) is 12.1. The van der Waals surface area contributed by atoms with Gasteiger partial charge >= 0.3 is 0 Å². The standard InChI is InChI=1S/C20H24N2O2.ClH/c23-20(12-17-10-11-21-13-17)22-14-18-8-4-5-9-19(18)24-15-16-6-2-1-3-7-16;/h1-9,17,21H,10-15H2,(H,22,23);1H. The summed E-state index contributed by atoms with van der Waals surface area (Å²) in [6, 6.07) is 18.0. The molecule has 4 nitrogen and oxygen atoms in total. The van der Waals surface area contributed by atoms with Gasteiger partial charge in [-0.2, -0.15) is 0 Å². The molecule has 0 aliphatic carbocycles. The van der Waals surface area contributed by atoms with E-state index in [9.17, 15) is 4.79 Å². The normalized spacial score (nSPS) is 16.1. The number of rotatable bonds is 7. The molecular formula is C20H25ClN2O2. The Morgan fingerprint density at radius 2 is 1.88 bits per heavy atom. The van der Waals surface area contributed by atoms with E-state index in [2.05, 4.69) is 10.6 Å². The highest BCUT2D eigenvalue weighted by atomic mass is 35.5. The molecular weight excluding hydrogens is 336 g/mol. The SMILES string of the molecule is Cl.O=C(CC1CCNC1)NCc1ccccc1OCc1ccccc1. The highest BCUT2D eigenvalue weighted by Gasteiger charge is 2.18. The average molecular weight is 361 g/mol. The van der Waals surface area contributed by atoms with Crippen LogP contribution in [0.2, 0.25) is 0 Å². The monoisotopic (exact) mass is 360 g/mol. The lowest BCUT2D eigenvalue weighted by Gasteiger charge is -2.13. The Bertz CT molecular complexity index is 658. The van der Waals surface area contributed by atoms with Crippen LogP contribution in [0.3, 0.4) is 0 Å². The molecule has 1 amide bonds. The van der Waals surface area contributed by atoms with Crippen molar-refractivity contribution < 1.29 is 9.53 Å². The Balaban J connectivity index is 0.00000225. The predicted molar refractivity (Wildman–Crippen MR) is 102 cm³/mol. The van der Waals surface area contributed by atoms with E-state index >= 15 is 0 Å². The molecule has 0 radical (unpaired) electrons. The first-order valence-electron chi connectivity index (χ1n) is 8.53. The van der Waals surface area contributed by atoms with Gasteiger partial charge < -0.3 is 15.4 Å². The van der Waals surface area contributed by atoms with Crippen molar-refractivity contribution in [3.05, 3.63) is 65.7 Å². The fourth-order valence-electron chi connectivity index (χ4n) is 2.94. The molecule has 5 heteroatoms. The highest BCUT2D eigenvalue weighted by molar-refractivity contribution is 5.85. The van der Waals surface area contributed by atoms with Gasteiger partial charge in [-0.05, 0) is 37.1 Å². The molecule has 1 unspecified atom stereocenters. The Hall–Kier alpha value is -2.04. The van der Waals surface area contributed by atoms with E-state index < -0.39 is 0 Å². The number of halogens is 1. The van der Waals surface area contributed by atoms with Crippen LogP contribution in [0.15, 0.2) is 54.6 Å². The van der Waals surface area contributed by atoms with Crippen molar-refractivity contribution in [1.82, 2.24) is 10.6 Å². The second-order valence-electron chi connectivity index (χ2n) is 6.22. The minimum atomic E-state index is 0. The number of benzene rings is 2. The zero-order valence-corrected chi connectivity index (χ0v) is 15.1.